The minimum Gasteiger partial charge on any atom is -0.368 e. The van der Waals surface area contributed by atoms with Gasteiger partial charge in [-0.25, -0.2) is 13.8 Å². The molecule has 0 bridgehead atoms. The smallest absolute Gasteiger partial charge is 0.264 e. The standard InChI is InChI=1S/C42H38F2N8O6/c1-21-37(22(2)58-47-21)23-9-12-31-30(15-23)45-39(33-7-4-8-36(54)50(33)24-10-11-28(43)29(44)16-24)51(31)26-19-48(20-26)25-17-49(18-25)32-6-3-5-27-38(32)42(57)52(41(27)56)34-13-14-35(53)46-40(34)55/h3,5-6,9-12,15-16,25-26,33-34H,4,7-8,13-14,17-20H2,1-2H3,(H,46,53,55)/t33-,34?/m0/s1. The monoisotopic (exact) mass is 788 g/mol. The molecule has 4 saturated heterocycles. The van der Waals surface area contributed by atoms with Crippen LogP contribution in [0.15, 0.2) is 59.1 Å². The number of hydrogen-bond acceptors (Lipinski definition) is 10. The van der Waals surface area contributed by atoms with Crippen molar-refractivity contribution in [1.29, 1.82) is 0 Å². The van der Waals surface area contributed by atoms with Gasteiger partial charge in [-0.1, -0.05) is 17.3 Å². The Bertz CT molecular complexity index is 2590. The lowest BCUT2D eigenvalue weighted by atomic mass is 9.95. The number of anilines is 2. The van der Waals surface area contributed by atoms with Gasteiger partial charge in [-0.05, 0) is 75.1 Å². The maximum atomic E-state index is 14.6. The number of nitrogens with zero attached hydrogens (tertiary/aromatic N) is 7. The number of amides is 5. The Morgan fingerprint density at radius 3 is 2.34 bits per heavy atom. The van der Waals surface area contributed by atoms with E-state index in [9.17, 15) is 32.8 Å². The van der Waals surface area contributed by atoms with Crippen LogP contribution < -0.4 is 15.1 Å². The number of imidazole rings is 1. The van der Waals surface area contributed by atoms with Gasteiger partial charge in [0.15, 0.2) is 11.6 Å². The number of halogens is 2. The molecule has 14 nitrogen and oxygen atoms in total. The maximum Gasteiger partial charge on any atom is 0.264 e. The van der Waals surface area contributed by atoms with E-state index in [1.807, 2.05) is 38.1 Å². The van der Waals surface area contributed by atoms with Crippen molar-refractivity contribution in [1.82, 2.24) is 29.8 Å². The van der Waals surface area contributed by atoms with Gasteiger partial charge in [-0.15, -0.1) is 0 Å². The Labute approximate surface area is 330 Å². The number of benzene rings is 3. The molecule has 2 aromatic heterocycles. The Morgan fingerprint density at radius 2 is 1.60 bits per heavy atom. The third-order valence-corrected chi connectivity index (χ3v) is 12.4. The van der Waals surface area contributed by atoms with Crippen molar-refractivity contribution >= 4 is 51.9 Å². The molecule has 3 aromatic carbocycles. The van der Waals surface area contributed by atoms with Crippen molar-refractivity contribution in [2.75, 3.05) is 36.0 Å². The van der Waals surface area contributed by atoms with Gasteiger partial charge in [0, 0.05) is 62.4 Å². The lowest BCUT2D eigenvalue weighted by Crippen LogP contribution is -2.65. The predicted octanol–water partition coefficient (Wildman–Crippen LogP) is 4.99. The van der Waals surface area contributed by atoms with Crippen molar-refractivity contribution in [2.24, 2.45) is 0 Å². The highest BCUT2D eigenvalue weighted by molar-refractivity contribution is 6.25. The van der Waals surface area contributed by atoms with E-state index in [0.717, 1.165) is 44.9 Å². The highest BCUT2D eigenvalue weighted by Crippen LogP contribution is 2.43. The lowest BCUT2D eigenvalue weighted by molar-refractivity contribution is -0.136. The molecule has 0 radical (unpaired) electrons. The maximum absolute atomic E-state index is 14.6. The number of nitrogens with one attached hydrogen (secondary N) is 1. The average Bonchev–Trinajstić information content (AvgIpc) is 3.79. The van der Waals surface area contributed by atoms with Gasteiger partial charge < -0.3 is 18.9 Å². The van der Waals surface area contributed by atoms with Crippen LogP contribution in [-0.4, -0.2) is 92.3 Å². The first kappa shape index (κ1) is 36.1. The second-order valence-electron chi connectivity index (χ2n) is 15.8. The summed E-state index contributed by atoms with van der Waals surface area (Å²) >= 11 is 0. The first-order chi connectivity index (χ1) is 28.0. The molecule has 0 aliphatic carbocycles. The van der Waals surface area contributed by atoms with E-state index >= 15 is 0 Å². The molecular formula is C42H38F2N8O6. The number of hydrogen-bond donors (Lipinski definition) is 1. The molecule has 58 heavy (non-hydrogen) atoms. The van der Waals surface area contributed by atoms with Crippen molar-refractivity contribution in [3.8, 4) is 11.1 Å². The van der Waals surface area contributed by atoms with Crippen molar-refractivity contribution in [3.63, 3.8) is 0 Å². The number of fused-ring (bicyclic) bond motifs is 2. The average molecular weight is 789 g/mol. The second kappa shape index (κ2) is 13.4. The lowest BCUT2D eigenvalue weighted by Gasteiger charge is -2.53. The molecule has 4 fully saturated rings. The van der Waals surface area contributed by atoms with E-state index in [1.165, 1.54) is 6.07 Å². The van der Waals surface area contributed by atoms with Gasteiger partial charge in [0.25, 0.3) is 11.8 Å². The van der Waals surface area contributed by atoms with E-state index in [2.05, 4.69) is 24.8 Å². The Balaban J connectivity index is 0.922. The third-order valence-electron chi connectivity index (χ3n) is 12.4. The molecule has 5 aromatic rings. The van der Waals surface area contributed by atoms with Gasteiger partial charge in [-0.3, -0.25) is 39.1 Å². The molecule has 1 unspecified atom stereocenters. The SMILES string of the molecule is Cc1noc(C)c1-c1ccc2c(c1)nc([C@@H]1CCCC(=O)N1c1ccc(F)c(F)c1)n2C1CN(C2CN(c3cccc4c3C(=O)N(C3CCC(=O)NC3=O)C4=O)C2)C1. The minimum atomic E-state index is -1.04. The summed E-state index contributed by atoms with van der Waals surface area (Å²) in [5.74, 6) is -2.99. The van der Waals surface area contributed by atoms with Gasteiger partial charge in [0.1, 0.15) is 17.6 Å². The van der Waals surface area contributed by atoms with E-state index < -0.39 is 47.3 Å². The van der Waals surface area contributed by atoms with E-state index in [-0.39, 0.29) is 54.1 Å². The quantitative estimate of drug-likeness (QED) is 0.223. The fourth-order valence-corrected chi connectivity index (χ4v) is 9.45. The molecule has 10 rings (SSSR count). The fraction of sp³-hybridized carbons (Fsp3) is 0.357. The number of piperidine rings is 2. The van der Waals surface area contributed by atoms with Gasteiger partial charge >= 0.3 is 0 Å². The molecule has 5 aliphatic heterocycles. The summed E-state index contributed by atoms with van der Waals surface area (Å²) in [5.41, 5.74) is 5.59. The fourth-order valence-electron chi connectivity index (χ4n) is 9.45. The summed E-state index contributed by atoms with van der Waals surface area (Å²) in [7, 11) is 0. The minimum absolute atomic E-state index is 0.00921. The summed E-state index contributed by atoms with van der Waals surface area (Å²) in [6.45, 7) is 6.34. The van der Waals surface area contributed by atoms with Crippen molar-refractivity contribution in [3.05, 3.63) is 94.6 Å². The van der Waals surface area contributed by atoms with Gasteiger partial charge in [0.05, 0.1) is 45.6 Å². The normalized spacial score (nSPS) is 21.9. The molecule has 0 spiro atoms. The highest BCUT2D eigenvalue weighted by Gasteiger charge is 2.48. The highest BCUT2D eigenvalue weighted by atomic mass is 19.2. The number of rotatable bonds is 7. The van der Waals surface area contributed by atoms with Crippen molar-refractivity contribution < 1.29 is 37.3 Å². The largest absolute Gasteiger partial charge is 0.368 e. The topological polar surface area (TPSA) is 154 Å². The van der Waals surface area contributed by atoms with Crippen LogP contribution in [0.4, 0.5) is 20.2 Å². The summed E-state index contributed by atoms with van der Waals surface area (Å²) < 4.78 is 36.3. The molecule has 5 amide bonds. The zero-order chi connectivity index (χ0) is 40.1. The van der Waals surface area contributed by atoms with Crippen LogP contribution in [0.2, 0.25) is 0 Å². The third kappa shape index (κ3) is 5.56. The predicted molar refractivity (Wildman–Crippen MR) is 205 cm³/mol. The number of imide groups is 2. The molecule has 0 saturated carbocycles. The number of aromatic nitrogens is 3. The number of carbonyl (C=O) groups is 5. The summed E-state index contributed by atoms with van der Waals surface area (Å²) in [6, 6.07) is 13.3. The first-order valence-corrected chi connectivity index (χ1v) is 19.5. The van der Waals surface area contributed by atoms with Crippen LogP contribution >= 0.6 is 0 Å². The van der Waals surface area contributed by atoms with Gasteiger partial charge in [0.2, 0.25) is 17.7 Å². The van der Waals surface area contributed by atoms with E-state index in [4.69, 9.17) is 9.51 Å². The van der Waals surface area contributed by atoms with Crippen LogP contribution in [0.1, 0.15) is 82.2 Å². The molecule has 16 heteroatoms. The number of aryl methyl sites for hydroxylation is 2. The Kier molecular flexibility index (Phi) is 8.33. The molecule has 2 atom stereocenters. The van der Waals surface area contributed by atoms with Crippen LogP contribution in [0.3, 0.4) is 0 Å². The molecule has 1 N–H and O–H groups in total. The van der Waals surface area contributed by atoms with Crippen LogP contribution in [0.5, 0.6) is 0 Å². The Hall–Kier alpha value is -6.29. The molecule has 296 valence electrons. The number of carbonyl (C=O) groups excluding carboxylic acids is 5. The second-order valence-corrected chi connectivity index (χ2v) is 15.8. The summed E-state index contributed by atoms with van der Waals surface area (Å²) in [5, 5.41) is 6.37. The van der Waals surface area contributed by atoms with Gasteiger partial charge in [-0.2, -0.15) is 0 Å². The molecule has 7 heterocycles. The van der Waals surface area contributed by atoms with Crippen LogP contribution in [0.25, 0.3) is 22.2 Å². The Morgan fingerprint density at radius 1 is 0.793 bits per heavy atom. The zero-order valence-electron chi connectivity index (χ0n) is 31.7. The van der Waals surface area contributed by atoms with Crippen LogP contribution in [0, 0.1) is 25.5 Å². The first-order valence-electron chi connectivity index (χ1n) is 19.5. The van der Waals surface area contributed by atoms with E-state index in [1.54, 1.807) is 17.0 Å². The van der Waals surface area contributed by atoms with Crippen LogP contribution in [-0.2, 0) is 14.4 Å². The number of likely N-dealkylation sites (tertiary alicyclic amines) is 1. The van der Waals surface area contributed by atoms with Crippen molar-refractivity contribution in [2.45, 2.75) is 70.1 Å². The summed E-state index contributed by atoms with van der Waals surface area (Å²) in [4.78, 5) is 77.3. The molecule has 5 aliphatic rings. The molecular weight excluding hydrogens is 751 g/mol. The summed E-state index contributed by atoms with van der Waals surface area (Å²) in [6.07, 6.45) is 1.62. The zero-order valence-corrected chi connectivity index (χ0v) is 31.7. The van der Waals surface area contributed by atoms with E-state index in [0.29, 0.717) is 56.3 Å².